The first-order chi connectivity index (χ1) is 7.83. The molecular weight excluding hydrogens is 267 g/mol. The molecule has 0 spiro atoms. The summed E-state index contributed by atoms with van der Waals surface area (Å²) in [5.41, 5.74) is 1.15. The molecule has 1 atom stereocenters. The first-order valence-corrected chi connectivity index (χ1v) is 6.92. The van der Waals surface area contributed by atoms with Gasteiger partial charge in [0.1, 0.15) is 0 Å². The molecule has 1 aliphatic carbocycles. The Balaban J connectivity index is 2.18. The molecule has 0 heterocycles. The van der Waals surface area contributed by atoms with Crippen LogP contribution < -0.4 is 0 Å². The van der Waals surface area contributed by atoms with Gasteiger partial charge in [0.25, 0.3) is 0 Å². The average Bonchev–Trinajstić information content (AvgIpc) is 2.34. The molecule has 1 aliphatic rings. The second-order valence-corrected chi connectivity index (χ2v) is 5.53. The summed E-state index contributed by atoms with van der Waals surface area (Å²) in [7, 11) is 0. The molecule has 0 saturated heterocycles. The van der Waals surface area contributed by atoms with Gasteiger partial charge in [-0.15, -0.1) is 0 Å². The van der Waals surface area contributed by atoms with Crippen molar-refractivity contribution in [1.29, 1.82) is 0 Å². The highest BCUT2D eigenvalue weighted by Gasteiger charge is 2.26. The minimum Gasteiger partial charge on any atom is -0.250 e. The van der Waals surface area contributed by atoms with Gasteiger partial charge in [0.2, 0.25) is 0 Å². The van der Waals surface area contributed by atoms with Crippen LogP contribution in [-0.2, 0) is 0 Å². The van der Waals surface area contributed by atoms with Crippen molar-refractivity contribution in [3.8, 4) is 0 Å². The third kappa shape index (κ3) is 2.65. The van der Waals surface area contributed by atoms with E-state index < -0.39 is 0 Å². The van der Waals surface area contributed by atoms with E-state index in [-0.39, 0.29) is 12.6 Å². The molecule has 1 fully saturated rings. The second kappa shape index (κ2) is 5.81. The van der Waals surface area contributed by atoms with Gasteiger partial charge in [-0.2, -0.15) is 0 Å². The lowest BCUT2D eigenvalue weighted by atomic mass is 9.77. The van der Waals surface area contributed by atoms with Crippen LogP contribution in [0.25, 0.3) is 0 Å². The number of alkyl halides is 1. The van der Waals surface area contributed by atoms with E-state index in [0.29, 0.717) is 5.92 Å². The predicted octanol–water partition coefficient (Wildman–Crippen LogP) is 5.08. The van der Waals surface area contributed by atoms with Gasteiger partial charge < -0.3 is 0 Å². The molecule has 0 amide bonds. The highest BCUT2D eigenvalue weighted by atomic mass is 79.9. The molecule has 0 nitrogen and oxygen atoms in total. The van der Waals surface area contributed by atoms with E-state index in [9.17, 15) is 4.39 Å². The summed E-state index contributed by atoms with van der Waals surface area (Å²) < 4.78 is 14.3. The van der Waals surface area contributed by atoms with Crippen LogP contribution in [0.5, 0.6) is 0 Å². The Morgan fingerprint density at radius 1 is 1.19 bits per heavy atom. The highest BCUT2D eigenvalue weighted by molar-refractivity contribution is 9.10. The molecule has 0 bridgehead atoms. The van der Waals surface area contributed by atoms with Gasteiger partial charge in [0.15, 0.2) is 0 Å². The van der Waals surface area contributed by atoms with E-state index >= 15 is 0 Å². The first kappa shape index (κ1) is 12.1. The van der Waals surface area contributed by atoms with E-state index in [1.807, 2.05) is 18.2 Å². The fourth-order valence-electron chi connectivity index (χ4n) is 2.78. The maximum absolute atomic E-state index is 13.3. The number of hydrogen-bond donors (Lipinski definition) is 0. The van der Waals surface area contributed by atoms with Crippen molar-refractivity contribution in [2.45, 2.75) is 38.0 Å². The summed E-state index contributed by atoms with van der Waals surface area (Å²) in [6.07, 6.45) is 6.24. The van der Waals surface area contributed by atoms with Crippen LogP contribution in [-0.4, -0.2) is 6.67 Å². The molecule has 0 radical (unpaired) electrons. The summed E-state index contributed by atoms with van der Waals surface area (Å²) in [6.45, 7) is -0.229. The van der Waals surface area contributed by atoms with Crippen molar-refractivity contribution in [3.63, 3.8) is 0 Å². The molecule has 1 aromatic rings. The molecule has 0 aliphatic heterocycles. The lowest BCUT2D eigenvalue weighted by molar-refractivity contribution is 0.263. The molecule has 1 aromatic carbocycles. The van der Waals surface area contributed by atoms with Crippen LogP contribution in [0.15, 0.2) is 28.7 Å². The molecule has 1 unspecified atom stereocenters. The van der Waals surface area contributed by atoms with Crippen molar-refractivity contribution in [1.82, 2.24) is 0 Å². The van der Waals surface area contributed by atoms with Gasteiger partial charge in [-0.1, -0.05) is 53.4 Å². The third-order valence-corrected chi connectivity index (χ3v) is 4.41. The largest absolute Gasteiger partial charge is 0.250 e. The van der Waals surface area contributed by atoms with Gasteiger partial charge in [-0.05, 0) is 30.4 Å². The van der Waals surface area contributed by atoms with E-state index in [2.05, 4.69) is 22.0 Å². The number of rotatable bonds is 3. The average molecular weight is 285 g/mol. The Kier molecular flexibility index (Phi) is 4.39. The lowest BCUT2D eigenvalue weighted by Gasteiger charge is -2.29. The smallest absolute Gasteiger partial charge is 0.0965 e. The van der Waals surface area contributed by atoms with Crippen LogP contribution in [0, 0.1) is 5.92 Å². The highest BCUT2D eigenvalue weighted by Crippen LogP contribution is 2.38. The minimum atomic E-state index is -0.229. The van der Waals surface area contributed by atoms with Crippen LogP contribution in [0.4, 0.5) is 4.39 Å². The van der Waals surface area contributed by atoms with Crippen molar-refractivity contribution >= 4 is 15.9 Å². The van der Waals surface area contributed by atoms with Crippen molar-refractivity contribution in [2.75, 3.05) is 6.67 Å². The molecule has 0 aromatic heterocycles. The van der Waals surface area contributed by atoms with Crippen LogP contribution in [0.1, 0.15) is 43.6 Å². The van der Waals surface area contributed by atoms with Crippen LogP contribution in [0.2, 0.25) is 0 Å². The van der Waals surface area contributed by atoms with Gasteiger partial charge in [-0.25, -0.2) is 0 Å². The van der Waals surface area contributed by atoms with E-state index in [4.69, 9.17) is 0 Å². The van der Waals surface area contributed by atoms with Crippen molar-refractivity contribution in [2.24, 2.45) is 5.92 Å². The zero-order valence-corrected chi connectivity index (χ0v) is 11.0. The number of hydrogen-bond acceptors (Lipinski definition) is 0. The molecule has 2 heteroatoms. The zero-order chi connectivity index (χ0) is 11.4. The molecule has 2 rings (SSSR count). The second-order valence-electron chi connectivity index (χ2n) is 4.68. The Morgan fingerprint density at radius 2 is 1.88 bits per heavy atom. The Morgan fingerprint density at radius 3 is 2.50 bits per heavy atom. The fourth-order valence-corrected chi connectivity index (χ4v) is 3.35. The maximum Gasteiger partial charge on any atom is 0.0965 e. The predicted molar refractivity (Wildman–Crippen MR) is 69.4 cm³/mol. The van der Waals surface area contributed by atoms with E-state index in [1.165, 1.54) is 32.1 Å². The monoisotopic (exact) mass is 284 g/mol. The normalized spacial score (nSPS) is 19.6. The van der Waals surface area contributed by atoms with Crippen LogP contribution in [0.3, 0.4) is 0 Å². The third-order valence-electron chi connectivity index (χ3n) is 3.69. The summed E-state index contributed by atoms with van der Waals surface area (Å²) >= 11 is 3.54. The summed E-state index contributed by atoms with van der Waals surface area (Å²) in [5, 5.41) is 0. The lowest BCUT2D eigenvalue weighted by Crippen LogP contribution is -2.18. The fraction of sp³-hybridized carbons (Fsp3) is 0.571. The van der Waals surface area contributed by atoms with Crippen molar-refractivity contribution in [3.05, 3.63) is 34.3 Å². The molecular formula is C14H18BrF. The molecule has 0 N–H and O–H groups in total. The van der Waals surface area contributed by atoms with E-state index in [0.717, 1.165) is 10.0 Å². The summed E-state index contributed by atoms with van der Waals surface area (Å²) in [5.74, 6) is 0.633. The SMILES string of the molecule is FCC(c1ccccc1Br)C1CCCCC1. The van der Waals surface area contributed by atoms with Gasteiger partial charge >= 0.3 is 0 Å². The van der Waals surface area contributed by atoms with E-state index in [1.54, 1.807) is 0 Å². The standard InChI is InChI=1S/C14H18BrF/c15-14-9-5-4-8-12(14)13(10-16)11-6-2-1-3-7-11/h4-5,8-9,11,13H,1-3,6-7,10H2. The maximum atomic E-state index is 13.3. The van der Waals surface area contributed by atoms with Crippen molar-refractivity contribution < 1.29 is 4.39 Å². The van der Waals surface area contributed by atoms with Gasteiger partial charge in [0, 0.05) is 10.4 Å². The quantitative estimate of drug-likeness (QED) is 0.726. The topological polar surface area (TPSA) is 0 Å². The molecule has 88 valence electrons. The Labute approximate surface area is 105 Å². The zero-order valence-electron chi connectivity index (χ0n) is 9.46. The van der Waals surface area contributed by atoms with Gasteiger partial charge in [0.05, 0.1) is 6.67 Å². The minimum absolute atomic E-state index is 0.0934. The Bertz CT molecular complexity index is 331. The Hall–Kier alpha value is -0.370. The van der Waals surface area contributed by atoms with Crippen LogP contribution >= 0.6 is 15.9 Å². The van der Waals surface area contributed by atoms with Gasteiger partial charge in [-0.3, -0.25) is 4.39 Å². The number of benzene rings is 1. The number of halogens is 2. The summed E-state index contributed by atoms with van der Waals surface area (Å²) in [4.78, 5) is 0. The summed E-state index contributed by atoms with van der Waals surface area (Å²) in [6, 6.07) is 8.07. The molecule has 16 heavy (non-hydrogen) atoms. The molecule has 1 saturated carbocycles. The first-order valence-electron chi connectivity index (χ1n) is 6.13.